The van der Waals surface area contributed by atoms with Crippen molar-refractivity contribution in [3.8, 4) is 17.0 Å². The number of nitrogens with zero attached hydrogens (tertiary/aromatic N) is 2. The number of ether oxygens (including phenoxy) is 1. The fourth-order valence-corrected chi connectivity index (χ4v) is 3.97. The Hall–Kier alpha value is -2.92. The molecule has 1 saturated heterocycles. The van der Waals surface area contributed by atoms with Crippen molar-refractivity contribution in [1.82, 2.24) is 15.2 Å². The number of amides is 1. The highest BCUT2D eigenvalue weighted by Crippen LogP contribution is 2.28. The first kappa shape index (κ1) is 21.3. The molecule has 5 heteroatoms. The van der Waals surface area contributed by atoms with Crippen LogP contribution >= 0.6 is 0 Å². The van der Waals surface area contributed by atoms with E-state index in [2.05, 4.69) is 19.2 Å². The number of nitrogens with one attached hydrogen (secondary N) is 1. The highest BCUT2D eigenvalue weighted by Gasteiger charge is 2.22. The van der Waals surface area contributed by atoms with E-state index in [4.69, 9.17) is 9.72 Å². The molecule has 0 atom stereocenters. The number of para-hydroxylation sites is 1. The number of carbonyl (C=O) groups is 1. The number of rotatable bonds is 8. The van der Waals surface area contributed by atoms with E-state index in [1.165, 1.54) is 0 Å². The maximum absolute atomic E-state index is 13.2. The van der Waals surface area contributed by atoms with Crippen molar-refractivity contribution in [3.05, 3.63) is 60.2 Å². The molecule has 3 aromatic rings. The maximum atomic E-state index is 13.2. The monoisotopic (exact) mass is 417 g/mol. The van der Waals surface area contributed by atoms with Gasteiger partial charge in [-0.2, -0.15) is 0 Å². The van der Waals surface area contributed by atoms with Gasteiger partial charge < -0.3 is 15.0 Å². The Labute approximate surface area is 184 Å². The SMILES string of the molecule is CC(C)NCCCOc1ccc(-c2cc(C(=O)N3CCCC3)c3ccccc3n2)cc1. The highest BCUT2D eigenvalue weighted by atomic mass is 16.5. The molecule has 2 heterocycles. The molecule has 0 bridgehead atoms. The zero-order valence-corrected chi connectivity index (χ0v) is 18.4. The van der Waals surface area contributed by atoms with Gasteiger partial charge in [0.05, 0.1) is 23.4 Å². The quantitative estimate of drug-likeness (QED) is 0.530. The summed E-state index contributed by atoms with van der Waals surface area (Å²) in [7, 11) is 0. The minimum Gasteiger partial charge on any atom is -0.494 e. The molecule has 1 fully saturated rings. The molecule has 31 heavy (non-hydrogen) atoms. The molecular weight excluding hydrogens is 386 g/mol. The number of benzene rings is 2. The lowest BCUT2D eigenvalue weighted by molar-refractivity contribution is 0.0794. The summed E-state index contributed by atoms with van der Waals surface area (Å²) in [6.45, 7) is 7.59. The van der Waals surface area contributed by atoms with Crippen LogP contribution in [0.2, 0.25) is 0 Å². The Morgan fingerprint density at radius 1 is 1.10 bits per heavy atom. The fraction of sp³-hybridized carbons (Fsp3) is 0.385. The van der Waals surface area contributed by atoms with E-state index in [9.17, 15) is 4.79 Å². The van der Waals surface area contributed by atoms with Crippen LogP contribution in [0.25, 0.3) is 22.2 Å². The molecule has 4 rings (SSSR count). The van der Waals surface area contributed by atoms with E-state index in [1.807, 2.05) is 59.5 Å². The summed E-state index contributed by atoms with van der Waals surface area (Å²) >= 11 is 0. The summed E-state index contributed by atoms with van der Waals surface area (Å²) in [5.41, 5.74) is 3.38. The fourth-order valence-electron chi connectivity index (χ4n) is 3.97. The summed E-state index contributed by atoms with van der Waals surface area (Å²) in [6.07, 6.45) is 3.13. The molecule has 0 saturated carbocycles. The van der Waals surface area contributed by atoms with E-state index in [-0.39, 0.29) is 5.91 Å². The predicted octanol–water partition coefficient (Wildman–Crippen LogP) is 4.90. The van der Waals surface area contributed by atoms with Crippen molar-refractivity contribution in [3.63, 3.8) is 0 Å². The smallest absolute Gasteiger partial charge is 0.254 e. The third-order valence-corrected chi connectivity index (χ3v) is 5.63. The first-order valence-corrected chi connectivity index (χ1v) is 11.3. The third-order valence-electron chi connectivity index (χ3n) is 5.63. The van der Waals surface area contributed by atoms with Crippen molar-refractivity contribution >= 4 is 16.8 Å². The molecule has 0 unspecified atom stereocenters. The van der Waals surface area contributed by atoms with Gasteiger partial charge in [0.25, 0.3) is 5.91 Å². The van der Waals surface area contributed by atoms with Crippen LogP contribution in [0.1, 0.15) is 43.5 Å². The van der Waals surface area contributed by atoms with Crippen molar-refractivity contribution < 1.29 is 9.53 Å². The Morgan fingerprint density at radius 3 is 2.58 bits per heavy atom. The summed E-state index contributed by atoms with van der Waals surface area (Å²) < 4.78 is 5.86. The molecule has 0 radical (unpaired) electrons. The number of fused-ring (bicyclic) bond motifs is 1. The topological polar surface area (TPSA) is 54.5 Å². The predicted molar refractivity (Wildman–Crippen MR) is 126 cm³/mol. The second-order valence-corrected chi connectivity index (χ2v) is 8.41. The van der Waals surface area contributed by atoms with E-state index in [1.54, 1.807) is 0 Å². The van der Waals surface area contributed by atoms with Crippen LogP contribution in [-0.4, -0.2) is 48.1 Å². The van der Waals surface area contributed by atoms with Crippen LogP contribution in [0.4, 0.5) is 0 Å². The number of hydrogen-bond acceptors (Lipinski definition) is 4. The van der Waals surface area contributed by atoms with Gasteiger partial charge in [-0.05, 0) is 62.2 Å². The minimum atomic E-state index is 0.104. The lowest BCUT2D eigenvalue weighted by atomic mass is 10.0. The van der Waals surface area contributed by atoms with Crippen LogP contribution in [0.3, 0.4) is 0 Å². The molecule has 1 aromatic heterocycles. The van der Waals surface area contributed by atoms with Crippen LogP contribution in [0.15, 0.2) is 54.6 Å². The summed E-state index contributed by atoms with van der Waals surface area (Å²) in [6, 6.07) is 18.3. The molecule has 0 spiro atoms. The lowest BCUT2D eigenvalue weighted by Gasteiger charge is -2.17. The second-order valence-electron chi connectivity index (χ2n) is 8.41. The Kier molecular flexibility index (Phi) is 6.82. The van der Waals surface area contributed by atoms with Crippen molar-refractivity contribution in [2.24, 2.45) is 0 Å². The van der Waals surface area contributed by atoms with E-state index in [0.29, 0.717) is 12.6 Å². The molecule has 5 nitrogen and oxygen atoms in total. The van der Waals surface area contributed by atoms with Gasteiger partial charge in [0.2, 0.25) is 0 Å². The minimum absolute atomic E-state index is 0.104. The van der Waals surface area contributed by atoms with E-state index >= 15 is 0 Å². The Morgan fingerprint density at radius 2 is 1.84 bits per heavy atom. The van der Waals surface area contributed by atoms with Gasteiger partial charge in [0.1, 0.15) is 5.75 Å². The molecule has 162 valence electrons. The first-order chi connectivity index (χ1) is 15.1. The molecular formula is C26H31N3O2. The maximum Gasteiger partial charge on any atom is 0.254 e. The van der Waals surface area contributed by atoms with Crippen molar-refractivity contribution in [1.29, 1.82) is 0 Å². The Balaban J connectivity index is 1.53. The van der Waals surface area contributed by atoms with Crippen LogP contribution < -0.4 is 10.1 Å². The number of pyridine rings is 1. The number of likely N-dealkylation sites (tertiary alicyclic amines) is 1. The van der Waals surface area contributed by atoms with Gasteiger partial charge in [-0.3, -0.25) is 4.79 Å². The summed E-state index contributed by atoms with van der Waals surface area (Å²) in [5.74, 6) is 0.953. The van der Waals surface area contributed by atoms with Gasteiger partial charge in [0.15, 0.2) is 0 Å². The van der Waals surface area contributed by atoms with Gasteiger partial charge in [-0.1, -0.05) is 32.0 Å². The van der Waals surface area contributed by atoms with Gasteiger partial charge >= 0.3 is 0 Å². The second kappa shape index (κ2) is 9.92. The molecule has 2 aromatic carbocycles. The normalized spacial score (nSPS) is 13.8. The summed E-state index contributed by atoms with van der Waals surface area (Å²) in [4.78, 5) is 20.0. The van der Waals surface area contributed by atoms with E-state index in [0.717, 1.165) is 72.4 Å². The number of aromatic nitrogens is 1. The van der Waals surface area contributed by atoms with Gasteiger partial charge in [-0.15, -0.1) is 0 Å². The highest BCUT2D eigenvalue weighted by molar-refractivity contribution is 6.07. The molecule has 1 amide bonds. The molecule has 0 aliphatic carbocycles. The average Bonchev–Trinajstić information content (AvgIpc) is 3.33. The third kappa shape index (κ3) is 5.23. The van der Waals surface area contributed by atoms with E-state index < -0.39 is 0 Å². The van der Waals surface area contributed by atoms with Gasteiger partial charge in [0, 0.05) is 30.1 Å². The standard InChI is InChI=1S/C26H31N3O2/c1-19(2)27-14-7-17-31-21-12-10-20(11-13-21)25-18-23(26(30)29-15-5-6-16-29)22-8-3-4-9-24(22)28-25/h3-4,8-13,18-19,27H,5-7,14-17H2,1-2H3. The van der Waals surface area contributed by atoms with Crippen LogP contribution in [0.5, 0.6) is 5.75 Å². The van der Waals surface area contributed by atoms with Crippen LogP contribution in [-0.2, 0) is 0 Å². The Bertz CT molecular complexity index is 1020. The largest absolute Gasteiger partial charge is 0.494 e. The van der Waals surface area contributed by atoms with Gasteiger partial charge in [-0.25, -0.2) is 4.98 Å². The van der Waals surface area contributed by atoms with Crippen molar-refractivity contribution in [2.75, 3.05) is 26.2 Å². The summed E-state index contributed by atoms with van der Waals surface area (Å²) in [5, 5.41) is 4.31. The zero-order chi connectivity index (χ0) is 21.6. The molecule has 1 aliphatic heterocycles. The van der Waals surface area contributed by atoms with Crippen LogP contribution in [0, 0.1) is 0 Å². The number of hydrogen-bond donors (Lipinski definition) is 1. The first-order valence-electron chi connectivity index (χ1n) is 11.3. The van der Waals surface area contributed by atoms with Crippen molar-refractivity contribution in [2.45, 2.75) is 39.2 Å². The average molecular weight is 418 g/mol. The lowest BCUT2D eigenvalue weighted by Crippen LogP contribution is -2.27. The zero-order valence-electron chi connectivity index (χ0n) is 18.4. The molecule has 1 N–H and O–H groups in total. The molecule has 1 aliphatic rings. The number of carbonyl (C=O) groups excluding carboxylic acids is 1.